The van der Waals surface area contributed by atoms with E-state index in [0.29, 0.717) is 16.5 Å². The van der Waals surface area contributed by atoms with E-state index in [4.69, 9.17) is 21.2 Å². The topological polar surface area (TPSA) is 60.8 Å². The quantitative estimate of drug-likeness (QED) is 0.484. The van der Waals surface area contributed by atoms with E-state index in [9.17, 15) is 4.79 Å². The number of ether oxygens (including phenoxy) is 1. The molecule has 1 aromatic carbocycles. The van der Waals surface area contributed by atoms with E-state index < -0.39 is 5.97 Å². The summed E-state index contributed by atoms with van der Waals surface area (Å²) in [6, 6.07) is 10.2. The Labute approximate surface area is 127 Å². The Morgan fingerprint density at radius 2 is 1.86 bits per heavy atom. The summed E-state index contributed by atoms with van der Waals surface area (Å²) in [4.78, 5) is 20.2. The van der Waals surface area contributed by atoms with E-state index in [2.05, 4.69) is 10.1 Å². The van der Waals surface area contributed by atoms with Crippen LogP contribution in [0, 0.1) is 0 Å². The zero-order valence-corrected chi connectivity index (χ0v) is 12.1. The molecule has 0 aliphatic rings. The number of halogens is 1. The van der Waals surface area contributed by atoms with Crippen molar-refractivity contribution in [2.24, 2.45) is 5.16 Å². The molecule has 0 radical (unpaired) electrons. The summed E-state index contributed by atoms with van der Waals surface area (Å²) >= 11 is 5.75. The molecule has 0 aliphatic heterocycles. The highest BCUT2D eigenvalue weighted by atomic mass is 35.5. The minimum atomic E-state index is -0.585. The van der Waals surface area contributed by atoms with Crippen molar-refractivity contribution < 1.29 is 14.4 Å². The summed E-state index contributed by atoms with van der Waals surface area (Å²) < 4.78 is 5.25. The molecule has 0 aliphatic carbocycles. The summed E-state index contributed by atoms with van der Waals surface area (Å²) in [6.45, 7) is 1.51. The molecule has 0 fully saturated rings. The molecule has 1 aromatic heterocycles. The molecule has 0 atom stereocenters. The number of hydrogen-bond donors (Lipinski definition) is 0. The lowest BCUT2D eigenvalue weighted by Crippen LogP contribution is -2.13. The van der Waals surface area contributed by atoms with Crippen molar-refractivity contribution in [1.82, 2.24) is 4.98 Å². The standard InChI is InChI=1S/C15H13ClN2O3/c1-11(12-6-8-17-9-7-12)18-21-15(19)10-20-14-4-2-13(16)3-5-14/h2-9H,10H2,1H3. The summed E-state index contributed by atoms with van der Waals surface area (Å²) in [5.74, 6) is -0.0514. The lowest BCUT2D eigenvalue weighted by molar-refractivity contribution is -0.146. The van der Waals surface area contributed by atoms with E-state index in [1.165, 1.54) is 0 Å². The van der Waals surface area contributed by atoms with Crippen LogP contribution in [0.25, 0.3) is 0 Å². The average Bonchev–Trinajstić information content (AvgIpc) is 2.53. The van der Waals surface area contributed by atoms with E-state index in [0.717, 1.165) is 5.56 Å². The van der Waals surface area contributed by atoms with Crippen LogP contribution in [0.3, 0.4) is 0 Å². The largest absolute Gasteiger partial charge is 0.482 e. The van der Waals surface area contributed by atoms with Crippen molar-refractivity contribution in [2.45, 2.75) is 6.92 Å². The molecule has 6 heteroatoms. The molecular formula is C15H13ClN2O3. The van der Waals surface area contributed by atoms with Gasteiger partial charge in [-0.15, -0.1) is 0 Å². The van der Waals surface area contributed by atoms with Crippen LogP contribution in [-0.2, 0) is 9.63 Å². The van der Waals surface area contributed by atoms with Crippen molar-refractivity contribution in [3.8, 4) is 5.75 Å². The van der Waals surface area contributed by atoms with Crippen LogP contribution in [0.4, 0.5) is 0 Å². The lowest BCUT2D eigenvalue weighted by atomic mass is 10.2. The highest BCUT2D eigenvalue weighted by Crippen LogP contribution is 2.15. The van der Waals surface area contributed by atoms with Crippen molar-refractivity contribution >= 4 is 23.3 Å². The van der Waals surface area contributed by atoms with Crippen molar-refractivity contribution in [2.75, 3.05) is 6.61 Å². The van der Waals surface area contributed by atoms with Crippen molar-refractivity contribution in [3.05, 3.63) is 59.4 Å². The van der Waals surface area contributed by atoms with Gasteiger partial charge in [-0.25, -0.2) is 4.79 Å². The zero-order chi connectivity index (χ0) is 15.1. The van der Waals surface area contributed by atoms with Crippen molar-refractivity contribution in [3.63, 3.8) is 0 Å². The number of aromatic nitrogens is 1. The molecule has 5 nitrogen and oxygen atoms in total. The smallest absolute Gasteiger partial charge is 0.372 e. The number of carbonyl (C=O) groups excluding carboxylic acids is 1. The molecule has 0 unspecified atom stereocenters. The molecule has 0 saturated heterocycles. The Kier molecular flexibility index (Phi) is 5.29. The molecule has 2 rings (SSSR count). The number of benzene rings is 1. The predicted octanol–water partition coefficient (Wildman–Crippen LogP) is 3.08. The van der Waals surface area contributed by atoms with Gasteiger partial charge >= 0.3 is 5.97 Å². The first kappa shape index (κ1) is 15.0. The fourth-order valence-electron chi connectivity index (χ4n) is 1.46. The average molecular weight is 305 g/mol. The highest BCUT2D eigenvalue weighted by Gasteiger charge is 2.05. The monoisotopic (exact) mass is 304 g/mol. The maximum absolute atomic E-state index is 11.5. The molecule has 108 valence electrons. The first-order chi connectivity index (χ1) is 10.1. The van der Waals surface area contributed by atoms with Crippen LogP contribution in [0.15, 0.2) is 53.9 Å². The molecule has 0 spiro atoms. The fourth-order valence-corrected chi connectivity index (χ4v) is 1.59. The van der Waals surface area contributed by atoms with Gasteiger partial charge in [0.25, 0.3) is 0 Å². The Morgan fingerprint density at radius 3 is 2.52 bits per heavy atom. The van der Waals surface area contributed by atoms with E-state index in [-0.39, 0.29) is 6.61 Å². The number of rotatable bonds is 5. The number of carbonyl (C=O) groups is 1. The molecule has 0 saturated carbocycles. The van der Waals surface area contributed by atoms with E-state index in [1.807, 2.05) is 0 Å². The van der Waals surface area contributed by atoms with Crippen LogP contribution in [-0.4, -0.2) is 23.3 Å². The maximum Gasteiger partial charge on any atom is 0.372 e. The Morgan fingerprint density at radius 1 is 1.19 bits per heavy atom. The van der Waals surface area contributed by atoms with Gasteiger partial charge in [-0.3, -0.25) is 4.98 Å². The van der Waals surface area contributed by atoms with Gasteiger partial charge in [-0.1, -0.05) is 16.8 Å². The van der Waals surface area contributed by atoms with Crippen LogP contribution < -0.4 is 4.74 Å². The van der Waals surface area contributed by atoms with Gasteiger partial charge in [0.05, 0.1) is 5.71 Å². The van der Waals surface area contributed by atoms with Gasteiger partial charge in [-0.2, -0.15) is 0 Å². The summed E-state index contributed by atoms with van der Waals surface area (Å²) in [5, 5.41) is 4.36. The maximum atomic E-state index is 11.5. The van der Waals surface area contributed by atoms with E-state index in [1.54, 1.807) is 55.7 Å². The predicted molar refractivity (Wildman–Crippen MR) is 79.5 cm³/mol. The fraction of sp³-hybridized carbons (Fsp3) is 0.133. The molecule has 0 N–H and O–H groups in total. The number of oxime groups is 1. The Hall–Kier alpha value is -2.40. The third-order valence-electron chi connectivity index (χ3n) is 2.55. The summed E-state index contributed by atoms with van der Waals surface area (Å²) in [6.07, 6.45) is 3.28. The van der Waals surface area contributed by atoms with Gasteiger partial charge < -0.3 is 9.57 Å². The minimum Gasteiger partial charge on any atom is -0.482 e. The number of nitrogens with zero attached hydrogens (tertiary/aromatic N) is 2. The van der Waals surface area contributed by atoms with Crippen molar-refractivity contribution in [1.29, 1.82) is 0 Å². The molecular weight excluding hydrogens is 292 g/mol. The summed E-state index contributed by atoms with van der Waals surface area (Å²) in [7, 11) is 0. The van der Waals surface area contributed by atoms with Gasteiger partial charge in [0.1, 0.15) is 5.75 Å². The third kappa shape index (κ3) is 4.89. The van der Waals surface area contributed by atoms with Gasteiger partial charge in [0, 0.05) is 23.0 Å². The second-order valence-electron chi connectivity index (χ2n) is 4.12. The molecule has 21 heavy (non-hydrogen) atoms. The van der Waals surface area contributed by atoms with Crippen LogP contribution >= 0.6 is 11.6 Å². The molecule has 2 aromatic rings. The van der Waals surface area contributed by atoms with Crippen LogP contribution in [0.1, 0.15) is 12.5 Å². The number of pyridine rings is 1. The first-order valence-electron chi connectivity index (χ1n) is 6.18. The van der Waals surface area contributed by atoms with Gasteiger partial charge in [-0.05, 0) is 43.3 Å². The normalized spacial score (nSPS) is 11.0. The molecule has 0 bridgehead atoms. The zero-order valence-electron chi connectivity index (χ0n) is 11.3. The SMILES string of the molecule is CC(=NOC(=O)COc1ccc(Cl)cc1)c1ccncc1. The van der Waals surface area contributed by atoms with Crippen LogP contribution in [0.2, 0.25) is 5.02 Å². The number of hydrogen-bond acceptors (Lipinski definition) is 5. The van der Waals surface area contributed by atoms with Gasteiger partial charge in [0.15, 0.2) is 6.61 Å². The van der Waals surface area contributed by atoms with Gasteiger partial charge in [0.2, 0.25) is 0 Å². The Balaban J connectivity index is 1.83. The lowest BCUT2D eigenvalue weighted by Gasteiger charge is -2.04. The first-order valence-corrected chi connectivity index (χ1v) is 6.56. The second kappa shape index (κ2) is 7.40. The van der Waals surface area contributed by atoms with Crippen LogP contribution in [0.5, 0.6) is 5.75 Å². The molecule has 1 heterocycles. The second-order valence-corrected chi connectivity index (χ2v) is 4.55. The van der Waals surface area contributed by atoms with E-state index >= 15 is 0 Å². The summed E-state index contributed by atoms with van der Waals surface area (Å²) in [5.41, 5.74) is 1.41. The minimum absolute atomic E-state index is 0.227. The Bertz CT molecular complexity index is 627. The third-order valence-corrected chi connectivity index (χ3v) is 2.80. The highest BCUT2D eigenvalue weighted by molar-refractivity contribution is 6.30. The molecule has 0 amide bonds.